The SMILES string of the molecule is CCOc1ccc(S(=O)(=O)Nc2cccc(C(=O)N(C)Cc3ccncc3)c2)cc1. The Labute approximate surface area is 176 Å². The lowest BCUT2D eigenvalue weighted by Crippen LogP contribution is -2.26. The van der Waals surface area contributed by atoms with Crippen LogP contribution in [0.4, 0.5) is 5.69 Å². The summed E-state index contributed by atoms with van der Waals surface area (Å²) in [6, 6.07) is 16.3. The van der Waals surface area contributed by atoms with Gasteiger partial charge in [-0.15, -0.1) is 0 Å². The molecule has 0 unspecified atom stereocenters. The van der Waals surface area contributed by atoms with Crippen molar-refractivity contribution in [3.63, 3.8) is 0 Å². The lowest BCUT2D eigenvalue weighted by molar-refractivity contribution is 0.0785. The predicted octanol–water partition coefficient (Wildman–Crippen LogP) is 3.55. The third-order valence-corrected chi connectivity index (χ3v) is 5.72. The number of carbonyl (C=O) groups is 1. The van der Waals surface area contributed by atoms with Gasteiger partial charge >= 0.3 is 0 Å². The van der Waals surface area contributed by atoms with Gasteiger partial charge in [0.25, 0.3) is 15.9 Å². The fourth-order valence-corrected chi connectivity index (χ4v) is 3.92. The quantitative estimate of drug-likeness (QED) is 0.596. The number of rotatable bonds is 8. The maximum Gasteiger partial charge on any atom is 0.261 e. The van der Waals surface area contributed by atoms with E-state index < -0.39 is 10.0 Å². The van der Waals surface area contributed by atoms with Crippen molar-refractivity contribution in [1.29, 1.82) is 0 Å². The molecular weight excluding hydrogens is 402 g/mol. The molecule has 30 heavy (non-hydrogen) atoms. The number of ether oxygens (including phenoxy) is 1. The monoisotopic (exact) mass is 425 g/mol. The highest BCUT2D eigenvalue weighted by atomic mass is 32.2. The van der Waals surface area contributed by atoms with E-state index in [1.807, 2.05) is 19.1 Å². The summed E-state index contributed by atoms with van der Waals surface area (Å²) in [7, 11) is -2.10. The molecule has 3 rings (SSSR count). The number of hydrogen-bond acceptors (Lipinski definition) is 5. The maximum atomic E-state index is 12.8. The number of benzene rings is 2. The zero-order valence-electron chi connectivity index (χ0n) is 16.8. The van der Waals surface area contributed by atoms with Crippen LogP contribution in [0.25, 0.3) is 0 Å². The first-order valence-electron chi connectivity index (χ1n) is 9.39. The topological polar surface area (TPSA) is 88.6 Å². The molecular formula is C22H23N3O4S. The Hall–Kier alpha value is -3.39. The first kappa shape index (κ1) is 21.3. The zero-order chi connectivity index (χ0) is 21.6. The Bertz CT molecular complexity index is 1100. The second-order valence-electron chi connectivity index (χ2n) is 6.61. The Morgan fingerprint density at radius 3 is 2.43 bits per heavy atom. The van der Waals surface area contributed by atoms with E-state index in [-0.39, 0.29) is 10.8 Å². The molecule has 0 radical (unpaired) electrons. The first-order valence-corrected chi connectivity index (χ1v) is 10.9. The van der Waals surface area contributed by atoms with E-state index in [0.29, 0.717) is 30.2 Å². The molecule has 1 heterocycles. The van der Waals surface area contributed by atoms with Crippen molar-refractivity contribution >= 4 is 21.6 Å². The molecule has 2 aromatic carbocycles. The molecule has 0 bridgehead atoms. The average Bonchev–Trinajstić information content (AvgIpc) is 2.74. The molecule has 0 fully saturated rings. The summed E-state index contributed by atoms with van der Waals surface area (Å²) in [6.07, 6.45) is 3.34. The van der Waals surface area contributed by atoms with Crippen LogP contribution in [0.15, 0.2) is 78.0 Å². The number of nitrogens with one attached hydrogen (secondary N) is 1. The third-order valence-electron chi connectivity index (χ3n) is 4.32. The molecule has 3 aromatic rings. The predicted molar refractivity (Wildman–Crippen MR) is 115 cm³/mol. The van der Waals surface area contributed by atoms with Crippen molar-refractivity contribution in [1.82, 2.24) is 9.88 Å². The average molecular weight is 426 g/mol. The summed E-state index contributed by atoms with van der Waals surface area (Å²) in [5.74, 6) is 0.384. The van der Waals surface area contributed by atoms with Gasteiger partial charge in [-0.25, -0.2) is 8.42 Å². The van der Waals surface area contributed by atoms with Crippen LogP contribution in [-0.2, 0) is 16.6 Å². The molecule has 7 nitrogen and oxygen atoms in total. The van der Waals surface area contributed by atoms with Crippen LogP contribution in [0.5, 0.6) is 5.75 Å². The van der Waals surface area contributed by atoms with Crippen molar-refractivity contribution in [3.05, 3.63) is 84.2 Å². The lowest BCUT2D eigenvalue weighted by Gasteiger charge is -2.18. The number of carbonyl (C=O) groups excluding carboxylic acids is 1. The number of sulfonamides is 1. The number of hydrogen-bond donors (Lipinski definition) is 1. The van der Waals surface area contributed by atoms with Gasteiger partial charge in [0.1, 0.15) is 5.75 Å². The fraction of sp³-hybridized carbons (Fsp3) is 0.182. The number of anilines is 1. The van der Waals surface area contributed by atoms with Crippen LogP contribution in [0.1, 0.15) is 22.8 Å². The van der Waals surface area contributed by atoms with Crippen LogP contribution in [0.3, 0.4) is 0 Å². The minimum Gasteiger partial charge on any atom is -0.494 e. The van der Waals surface area contributed by atoms with Gasteiger partial charge < -0.3 is 9.64 Å². The maximum absolute atomic E-state index is 12.8. The zero-order valence-corrected chi connectivity index (χ0v) is 17.6. The highest BCUT2D eigenvalue weighted by molar-refractivity contribution is 7.92. The summed E-state index contributed by atoms with van der Waals surface area (Å²) in [4.78, 5) is 18.4. The van der Waals surface area contributed by atoms with Crippen molar-refractivity contribution in [2.45, 2.75) is 18.4 Å². The van der Waals surface area contributed by atoms with Crippen LogP contribution in [0.2, 0.25) is 0 Å². The molecule has 156 valence electrons. The molecule has 0 spiro atoms. The highest BCUT2D eigenvalue weighted by Gasteiger charge is 2.17. The smallest absolute Gasteiger partial charge is 0.261 e. The summed E-state index contributed by atoms with van der Waals surface area (Å²) in [6.45, 7) is 2.78. The van der Waals surface area contributed by atoms with Crippen LogP contribution in [0, 0.1) is 0 Å². The van der Waals surface area contributed by atoms with Gasteiger partial charge in [-0.2, -0.15) is 0 Å². The molecule has 0 aliphatic rings. The van der Waals surface area contributed by atoms with Gasteiger partial charge in [-0.05, 0) is 67.1 Å². The molecule has 0 aliphatic heterocycles. The van der Waals surface area contributed by atoms with E-state index in [1.165, 1.54) is 18.2 Å². The van der Waals surface area contributed by atoms with E-state index in [2.05, 4.69) is 9.71 Å². The van der Waals surface area contributed by atoms with Gasteiger partial charge in [-0.3, -0.25) is 14.5 Å². The van der Waals surface area contributed by atoms with E-state index in [9.17, 15) is 13.2 Å². The fourth-order valence-electron chi connectivity index (χ4n) is 2.87. The van der Waals surface area contributed by atoms with Gasteiger partial charge in [0.2, 0.25) is 0 Å². The van der Waals surface area contributed by atoms with E-state index in [4.69, 9.17) is 4.74 Å². The summed E-state index contributed by atoms with van der Waals surface area (Å²) >= 11 is 0. The van der Waals surface area contributed by atoms with Crippen molar-refractivity contribution in [3.8, 4) is 5.75 Å². The molecule has 0 saturated carbocycles. The van der Waals surface area contributed by atoms with Gasteiger partial charge in [-0.1, -0.05) is 6.07 Å². The van der Waals surface area contributed by atoms with E-state index in [0.717, 1.165) is 5.56 Å². The molecule has 8 heteroatoms. The second-order valence-corrected chi connectivity index (χ2v) is 8.29. The number of pyridine rings is 1. The normalized spacial score (nSPS) is 11.0. The molecule has 1 aromatic heterocycles. The van der Waals surface area contributed by atoms with Crippen molar-refractivity contribution < 1.29 is 17.9 Å². The van der Waals surface area contributed by atoms with Crippen LogP contribution in [-0.4, -0.2) is 37.9 Å². The number of amides is 1. The minimum absolute atomic E-state index is 0.109. The number of aromatic nitrogens is 1. The number of nitrogens with zero attached hydrogens (tertiary/aromatic N) is 2. The Morgan fingerprint density at radius 2 is 1.77 bits per heavy atom. The van der Waals surface area contributed by atoms with Crippen LogP contribution < -0.4 is 9.46 Å². The summed E-state index contributed by atoms with van der Waals surface area (Å²) in [5.41, 5.74) is 1.65. The Morgan fingerprint density at radius 1 is 1.07 bits per heavy atom. The molecule has 0 aliphatic carbocycles. The van der Waals surface area contributed by atoms with Crippen molar-refractivity contribution in [2.24, 2.45) is 0 Å². The lowest BCUT2D eigenvalue weighted by atomic mass is 10.1. The largest absolute Gasteiger partial charge is 0.494 e. The Kier molecular flexibility index (Phi) is 6.68. The first-order chi connectivity index (χ1) is 14.4. The molecule has 1 N–H and O–H groups in total. The second kappa shape index (κ2) is 9.41. The third kappa shape index (κ3) is 5.36. The Balaban J connectivity index is 1.73. The van der Waals surface area contributed by atoms with Gasteiger partial charge in [0.05, 0.1) is 11.5 Å². The van der Waals surface area contributed by atoms with Crippen LogP contribution >= 0.6 is 0 Å². The van der Waals surface area contributed by atoms with Crippen molar-refractivity contribution in [2.75, 3.05) is 18.4 Å². The van der Waals surface area contributed by atoms with E-state index in [1.54, 1.807) is 54.7 Å². The standard InChI is InChI=1S/C22H23N3O4S/c1-3-29-20-7-9-21(10-8-20)30(27,28)24-19-6-4-5-18(15-19)22(26)25(2)16-17-11-13-23-14-12-17/h4-15,24H,3,16H2,1-2H3. The van der Waals surface area contributed by atoms with Gasteiger partial charge in [0, 0.05) is 37.2 Å². The highest BCUT2D eigenvalue weighted by Crippen LogP contribution is 2.20. The molecule has 0 saturated heterocycles. The summed E-state index contributed by atoms with van der Waals surface area (Å²) in [5, 5.41) is 0. The summed E-state index contributed by atoms with van der Waals surface area (Å²) < 4.78 is 33.2. The molecule has 1 amide bonds. The van der Waals surface area contributed by atoms with Gasteiger partial charge in [0.15, 0.2) is 0 Å². The molecule has 0 atom stereocenters. The van der Waals surface area contributed by atoms with E-state index >= 15 is 0 Å². The minimum atomic E-state index is -3.79.